The topological polar surface area (TPSA) is 60.2 Å². The number of ether oxygens (including phenoxy) is 1. The molecule has 1 aromatic rings. The number of rotatable bonds is 4. The maximum absolute atomic E-state index is 5.65. The molecule has 5 nitrogen and oxygen atoms in total. The van der Waals surface area contributed by atoms with Crippen molar-refractivity contribution in [2.75, 3.05) is 13.7 Å². The molecular formula is C14H23N3O2. The molecule has 1 aromatic heterocycles. The second-order valence-electron chi connectivity index (χ2n) is 5.69. The summed E-state index contributed by atoms with van der Waals surface area (Å²) in [6.45, 7) is 1.04. The predicted molar refractivity (Wildman–Crippen MR) is 70.6 cm³/mol. The molecule has 1 N–H and O–H groups in total. The molecule has 0 aromatic carbocycles. The van der Waals surface area contributed by atoms with Crippen LogP contribution < -0.4 is 5.32 Å². The molecule has 0 spiro atoms. The fraction of sp³-hybridized carbons (Fsp3) is 0.857. The Kier molecular flexibility index (Phi) is 4.13. The molecule has 2 fully saturated rings. The molecule has 1 saturated carbocycles. The van der Waals surface area contributed by atoms with Crippen LogP contribution in [-0.2, 0) is 4.74 Å². The molecule has 3 rings (SSSR count). The van der Waals surface area contributed by atoms with E-state index >= 15 is 0 Å². The van der Waals surface area contributed by atoms with E-state index in [4.69, 9.17) is 9.26 Å². The lowest BCUT2D eigenvalue weighted by Crippen LogP contribution is -2.19. The van der Waals surface area contributed by atoms with Crippen molar-refractivity contribution < 1.29 is 9.26 Å². The van der Waals surface area contributed by atoms with Gasteiger partial charge in [-0.3, -0.25) is 0 Å². The van der Waals surface area contributed by atoms with Gasteiger partial charge in [-0.2, -0.15) is 4.98 Å². The van der Waals surface area contributed by atoms with Crippen LogP contribution in [0.5, 0.6) is 0 Å². The Balaban J connectivity index is 1.71. The second kappa shape index (κ2) is 6.01. The van der Waals surface area contributed by atoms with Gasteiger partial charge in [0.1, 0.15) is 6.10 Å². The number of nitrogens with one attached hydrogen (secondary N) is 1. The maximum atomic E-state index is 5.65. The normalized spacial score (nSPS) is 26.7. The van der Waals surface area contributed by atoms with Gasteiger partial charge < -0.3 is 14.6 Å². The third kappa shape index (κ3) is 2.82. The van der Waals surface area contributed by atoms with Crippen molar-refractivity contribution in [3.63, 3.8) is 0 Å². The molecule has 1 unspecified atom stereocenters. The molecule has 5 heteroatoms. The van der Waals surface area contributed by atoms with E-state index in [1.807, 2.05) is 0 Å². The van der Waals surface area contributed by atoms with Crippen LogP contribution in [0.4, 0.5) is 0 Å². The van der Waals surface area contributed by atoms with E-state index in [-0.39, 0.29) is 12.1 Å². The number of hydrogen-bond donors (Lipinski definition) is 1. The first-order valence-electron chi connectivity index (χ1n) is 7.48. The van der Waals surface area contributed by atoms with Crippen molar-refractivity contribution in [1.82, 2.24) is 15.5 Å². The van der Waals surface area contributed by atoms with Crippen LogP contribution >= 0.6 is 0 Å². The highest BCUT2D eigenvalue weighted by atomic mass is 16.5. The average molecular weight is 265 g/mol. The number of aromatic nitrogens is 2. The molecule has 106 valence electrons. The van der Waals surface area contributed by atoms with Crippen molar-refractivity contribution >= 4 is 0 Å². The van der Waals surface area contributed by atoms with Gasteiger partial charge >= 0.3 is 0 Å². The summed E-state index contributed by atoms with van der Waals surface area (Å²) in [5.74, 6) is 2.00. The first kappa shape index (κ1) is 13.1. The molecule has 0 radical (unpaired) electrons. The third-order valence-electron chi connectivity index (χ3n) is 4.40. The summed E-state index contributed by atoms with van der Waals surface area (Å²) in [6.07, 6.45) is 8.62. The van der Waals surface area contributed by atoms with Gasteiger partial charge in [-0.1, -0.05) is 24.4 Å². The number of hydrogen-bond acceptors (Lipinski definition) is 5. The maximum Gasteiger partial charge on any atom is 0.243 e. The van der Waals surface area contributed by atoms with Crippen LogP contribution in [0.1, 0.15) is 68.8 Å². The lowest BCUT2D eigenvalue weighted by molar-refractivity contribution is 0.0273. The second-order valence-corrected chi connectivity index (χ2v) is 5.69. The fourth-order valence-electron chi connectivity index (χ4n) is 3.35. The molecular weight excluding hydrogens is 242 g/mol. The van der Waals surface area contributed by atoms with Crippen molar-refractivity contribution in [2.45, 2.75) is 57.1 Å². The zero-order valence-corrected chi connectivity index (χ0v) is 11.6. The summed E-state index contributed by atoms with van der Waals surface area (Å²) in [5.41, 5.74) is 0. The van der Waals surface area contributed by atoms with Crippen LogP contribution in [0.2, 0.25) is 0 Å². The Morgan fingerprint density at radius 3 is 2.74 bits per heavy atom. The minimum Gasteiger partial charge on any atom is -0.373 e. The molecule has 0 bridgehead atoms. The van der Waals surface area contributed by atoms with Gasteiger partial charge in [0.25, 0.3) is 0 Å². The highest BCUT2D eigenvalue weighted by Crippen LogP contribution is 2.35. The SMILES string of the molecule is COC(c1noc([C@H]2CCCN2)n1)C1CCCCC1. The smallest absolute Gasteiger partial charge is 0.243 e. The van der Waals surface area contributed by atoms with Gasteiger partial charge in [0.15, 0.2) is 0 Å². The van der Waals surface area contributed by atoms with Gasteiger partial charge in [0, 0.05) is 7.11 Å². The Morgan fingerprint density at radius 2 is 2.05 bits per heavy atom. The molecule has 0 amide bonds. The molecule has 1 aliphatic carbocycles. The molecule has 2 aliphatic rings. The molecule has 1 aliphatic heterocycles. The van der Waals surface area contributed by atoms with Crippen molar-refractivity contribution in [1.29, 1.82) is 0 Å². The summed E-state index contributed by atoms with van der Waals surface area (Å²) in [5, 5.41) is 7.54. The van der Waals surface area contributed by atoms with E-state index in [1.165, 1.54) is 38.5 Å². The largest absolute Gasteiger partial charge is 0.373 e. The summed E-state index contributed by atoms with van der Waals surface area (Å²) >= 11 is 0. The molecule has 19 heavy (non-hydrogen) atoms. The van der Waals surface area contributed by atoms with Crippen molar-refractivity contribution in [2.24, 2.45) is 5.92 Å². The lowest BCUT2D eigenvalue weighted by atomic mass is 9.85. The van der Waals surface area contributed by atoms with E-state index in [0.717, 1.165) is 24.7 Å². The molecule has 2 atom stereocenters. The van der Waals surface area contributed by atoms with Crippen LogP contribution in [-0.4, -0.2) is 23.8 Å². The highest BCUT2D eigenvalue weighted by molar-refractivity contribution is 4.99. The number of methoxy groups -OCH3 is 1. The predicted octanol–water partition coefficient (Wildman–Crippen LogP) is 2.76. The van der Waals surface area contributed by atoms with Crippen LogP contribution in [0.25, 0.3) is 0 Å². The van der Waals surface area contributed by atoms with Crippen LogP contribution in [0, 0.1) is 5.92 Å². The summed E-state index contributed by atoms with van der Waals surface area (Å²) in [6, 6.07) is 0.241. The van der Waals surface area contributed by atoms with Crippen LogP contribution in [0.15, 0.2) is 4.52 Å². The monoisotopic (exact) mass is 265 g/mol. The lowest BCUT2D eigenvalue weighted by Gasteiger charge is -2.26. The Hall–Kier alpha value is -0.940. The minimum atomic E-state index is -0.000738. The zero-order chi connectivity index (χ0) is 13.1. The van der Waals surface area contributed by atoms with E-state index in [2.05, 4.69) is 15.5 Å². The van der Waals surface area contributed by atoms with E-state index in [9.17, 15) is 0 Å². The first-order valence-corrected chi connectivity index (χ1v) is 7.48. The van der Waals surface area contributed by atoms with E-state index in [1.54, 1.807) is 7.11 Å². The van der Waals surface area contributed by atoms with Crippen LogP contribution in [0.3, 0.4) is 0 Å². The highest BCUT2D eigenvalue weighted by Gasteiger charge is 2.30. The zero-order valence-electron chi connectivity index (χ0n) is 11.6. The Morgan fingerprint density at radius 1 is 1.21 bits per heavy atom. The van der Waals surface area contributed by atoms with Gasteiger partial charge in [-0.15, -0.1) is 0 Å². The summed E-state index contributed by atoms with van der Waals surface area (Å²) < 4.78 is 11.1. The van der Waals surface area contributed by atoms with Gasteiger partial charge in [0.2, 0.25) is 11.7 Å². The van der Waals surface area contributed by atoms with E-state index in [0.29, 0.717) is 5.92 Å². The van der Waals surface area contributed by atoms with Crippen molar-refractivity contribution in [3.05, 3.63) is 11.7 Å². The standard InChI is InChI=1S/C14H23N3O2/c1-18-12(10-6-3-2-4-7-10)13-16-14(19-17-13)11-8-5-9-15-11/h10-12,15H,2-9H2,1H3/t11-,12?/m1/s1. The van der Waals surface area contributed by atoms with Gasteiger partial charge in [-0.25, -0.2) is 0 Å². The minimum absolute atomic E-state index is 0.000738. The van der Waals surface area contributed by atoms with Crippen molar-refractivity contribution in [3.8, 4) is 0 Å². The summed E-state index contributed by atoms with van der Waals surface area (Å²) in [4.78, 5) is 4.57. The summed E-state index contributed by atoms with van der Waals surface area (Å²) in [7, 11) is 1.75. The quantitative estimate of drug-likeness (QED) is 0.907. The molecule has 2 heterocycles. The van der Waals surface area contributed by atoms with E-state index < -0.39 is 0 Å². The average Bonchev–Trinajstić information content (AvgIpc) is 3.11. The Labute approximate surface area is 114 Å². The number of nitrogens with zero attached hydrogens (tertiary/aromatic N) is 2. The fourth-order valence-corrected chi connectivity index (χ4v) is 3.35. The molecule has 1 saturated heterocycles. The van der Waals surface area contributed by atoms with Gasteiger partial charge in [-0.05, 0) is 38.1 Å². The first-order chi connectivity index (χ1) is 9.38. The third-order valence-corrected chi connectivity index (χ3v) is 4.40. The Bertz CT molecular complexity index is 395. The van der Waals surface area contributed by atoms with Gasteiger partial charge in [0.05, 0.1) is 6.04 Å².